The van der Waals surface area contributed by atoms with E-state index in [0.29, 0.717) is 25.4 Å². The molecule has 2 aromatic carbocycles. The Labute approximate surface area is 172 Å². The van der Waals surface area contributed by atoms with Gasteiger partial charge in [0.1, 0.15) is 30.0 Å². The van der Waals surface area contributed by atoms with Gasteiger partial charge in [0.15, 0.2) is 0 Å². The molecule has 0 aliphatic rings. The standard InChI is InChI=1S/C22H25N3O3S/c1-3-25(19-10-6-4-7-11-19)29(26,27)21-14-15-22(23-18-21)24(2)16-17-28-20-12-8-5-9-13-20/h4-15,18H,3,16-17H2,1-2H3/p+1. The van der Waals surface area contributed by atoms with Gasteiger partial charge in [-0.05, 0) is 37.3 Å². The summed E-state index contributed by atoms with van der Waals surface area (Å²) in [5.41, 5.74) is 0.647. The number of H-pyrrole nitrogens is 1. The molecule has 29 heavy (non-hydrogen) atoms. The molecular weight excluding hydrogens is 386 g/mol. The molecular formula is C22H26N3O3S+. The van der Waals surface area contributed by atoms with Crippen LogP contribution in [0, 0.1) is 0 Å². The van der Waals surface area contributed by atoms with Gasteiger partial charge < -0.3 is 4.74 Å². The number of aromatic amines is 1. The first kappa shape index (κ1) is 20.7. The number of rotatable bonds is 9. The summed E-state index contributed by atoms with van der Waals surface area (Å²) in [6.07, 6.45) is 1.53. The number of aromatic nitrogens is 1. The maximum atomic E-state index is 13.0. The van der Waals surface area contributed by atoms with Gasteiger partial charge in [0, 0.05) is 12.6 Å². The summed E-state index contributed by atoms with van der Waals surface area (Å²) in [5, 5.41) is 0. The molecule has 0 aliphatic carbocycles. The Balaban J connectivity index is 1.67. The fourth-order valence-electron chi connectivity index (χ4n) is 2.95. The highest BCUT2D eigenvalue weighted by Gasteiger charge is 2.25. The molecule has 7 heteroatoms. The summed E-state index contributed by atoms with van der Waals surface area (Å²) >= 11 is 0. The van der Waals surface area contributed by atoms with E-state index >= 15 is 0 Å². The number of hydrogen-bond acceptors (Lipinski definition) is 4. The predicted octanol–water partition coefficient (Wildman–Crippen LogP) is 3.23. The van der Waals surface area contributed by atoms with E-state index in [1.165, 1.54) is 10.5 Å². The Morgan fingerprint density at radius 2 is 1.59 bits per heavy atom. The molecule has 6 nitrogen and oxygen atoms in total. The van der Waals surface area contributed by atoms with Crippen molar-refractivity contribution < 1.29 is 18.1 Å². The van der Waals surface area contributed by atoms with Crippen molar-refractivity contribution in [3.05, 3.63) is 79.0 Å². The Bertz CT molecular complexity index is 994. The van der Waals surface area contributed by atoms with E-state index in [-0.39, 0.29) is 4.90 Å². The second-order valence-electron chi connectivity index (χ2n) is 6.50. The van der Waals surface area contributed by atoms with Crippen molar-refractivity contribution in [1.29, 1.82) is 0 Å². The number of nitrogens with one attached hydrogen (secondary N) is 1. The summed E-state index contributed by atoms with van der Waals surface area (Å²) in [4.78, 5) is 5.29. The Morgan fingerprint density at radius 3 is 2.17 bits per heavy atom. The van der Waals surface area contributed by atoms with Gasteiger partial charge in [-0.2, -0.15) is 0 Å². The van der Waals surface area contributed by atoms with Crippen LogP contribution in [-0.2, 0) is 10.0 Å². The summed E-state index contributed by atoms with van der Waals surface area (Å²) in [5.74, 6) is 1.63. The normalized spacial score (nSPS) is 11.1. The fourth-order valence-corrected chi connectivity index (χ4v) is 4.39. The molecule has 152 valence electrons. The minimum atomic E-state index is -3.64. The molecule has 1 N–H and O–H groups in total. The lowest BCUT2D eigenvalue weighted by Gasteiger charge is -2.22. The molecule has 0 saturated heterocycles. The van der Waals surface area contributed by atoms with E-state index in [1.54, 1.807) is 24.3 Å². The Hall–Kier alpha value is -3.06. The molecule has 0 aliphatic heterocycles. The molecule has 0 amide bonds. The van der Waals surface area contributed by atoms with Gasteiger partial charge >= 0.3 is 0 Å². The molecule has 0 spiro atoms. The van der Waals surface area contributed by atoms with Crippen LogP contribution in [-0.4, -0.2) is 35.2 Å². The monoisotopic (exact) mass is 412 g/mol. The largest absolute Gasteiger partial charge is 0.490 e. The van der Waals surface area contributed by atoms with E-state index < -0.39 is 10.0 Å². The minimum Gasteiger partial charge on any atom is -0.490 e. The average Bonchev–Trinajstić information content (AvgIpc) is 2.75. The molecule has 0 saturated carbocycles. The highest BCUT2D eigenvalue weighted by atomic mass is 32.2. The molecule has 3 aromatic rings. The quantitative estimate of drug-likeness (QED) is 0.541. The van der Waals surface area contributed by atoms with Crippen LogP contribution in [0.25, 0.3) is 0 Å². The third-order valence-corrected chi connectivity index (χ3v) is 6.44. The fraction of sp³-hybridized carbons (Fsp3) is 0.227. The van der Waals surface area contributed by atoms with E-state index in [9.17, 15) is 8.42 Å². The third kappa shape index (κ3) is 5.06. The van der Waals surface area contributed by atoms with Crippen LogP contribution in [0.15, 0.2) is 83.9 Å². The Kier molecular flexibility index (Phi) is 6.72. The average molecular weight is 413 g/mol. The molecule has 1 aromatic heterocycles. The number of ether oxygens (including phenoxy) is 1. The van der Waals surface area contributed by atoms with Crippen molar-refractivity contribution in [3.63, 3.8) is 0 Å². The van der Waals surface area contributed by atoms with Crippen molar-refractivity contribution in [3.8, 4) is 5.75 Å². The number of likely N-dealkylation sites (N-methyl/N-ethyl adjacent to an activating group) is 1. The summed E-state index contributed by atoms with van der Waals surface area (Å²) < 4.78 is 33.2. The van der Waals surface area contributed by atoms with Gasteiger partial charge in [0.2, 0.25) is 0 Å². The number of sulfonamides is 1. The lowest BCUT2D eigenvalue weighted by molar-refractivity contribution is -0.367. The molecule has 3 rings (SSSR count). The number of para-hydroxylation sites is 2. The predicted molar refractivity (Wildman–Crippen MR) is 115 cm³/mol. The van der Waals surface area contributed by atoms with Gasteiger partial charge in [0.25, 0.3) is 15.8 Å². The van der Waals surface area contributed by atoms with Crippen molar-refractivity contribution in [1.82, 2.24) is 0 Å². The molecule has 0 bridgehead atoms. The van der Waals surface area contributed by atoms with Crippen LogP contribution in [0.3, 0.4) is 0 Å². The highest BCUT2D eigenvalue weighted by Crippen LogP contribution is 2.22. The van der Waals surface area contributed by atoms with Crippen LogP contribution >= 0.6 is 0 Å². The van der Waals surface area contributed by atoms with E-state index in [1.807, 2.05) is 67.4 Å². The van der Waals surface area contributed by atoms with Gasteiger partial charge in [-0.3, -0.25) is 9.21 Å². The first-order valence-electron chi connectivity index (χ1n) is 9.51. The number of benzene rings is 2. The lowest BCUT2D eigenvalue weighted by atomic mass is 10.3. The van der Waals surface area contributed by atoms with Crippen molar-refractivity contribution in [2.45, 2.75) is 11.8 Å². The van der Waals surface area contributed by atoms with E-state index in [0.717, 1.165) is 11.6 Å². The first-order valence-corrected chi connectivity index (χ1v) is 10.9. The summed E-state index contributed by atoms with van der Waals surface area (Å²) in [6, 6.07) is 22.1. The third-order valence-electron chi connectivity index (χ3n) is 4.54. The summed E-state index contributed by atoms with van der Waals surface area (Å²) in [7, 11) is -1.71. The van der Waals surface area contributed by atoms with Crippen molar-refractivity contribution in [2.75, 3.05) is 35.9 Å². The lowest BCUT2D eigenvalue weighted by Crippen LogP contribution is -2.33. The molecule has 0 fully saturated rings. The Morgan fingerprint density at radius 1 is 0.931 bits per heavy atom. The summed E-state index contributed by atoms with van der Waals surface area (Å²) in [6.45, 7) is 3.35. The zero-order chi connectivity index (χ0) is 20.7. The van der Waals surface area contributed by atoms with Crippen LogP contribution in [0.5, 0.6) is 5.75 Å². The van der Waals surface area contributed by atoms with Crippen LogP contribution in [0.2, 0.25) is 0 Å². The highest BCUT2D eigenvalue weighted by molar-refractivity contribution is 7.92. The number of hydrogen-bond donors (Lipinski definition) is 0. The zero-order valence-corrected chi connectivity index (χ0v) is 17.5. The van der Waals surface area contributed by atoms with E-state index in [4.69, 9.17) is 4.74 Å². The number of pyridine rings is 1. The molecule has 1 heterocycles. The second-order valence-corrected chi connectivity index (χ2v) is 8.36. The molecule has 0 radical (unpaired) electrons. The SMILES string of the molecule is CCN(c1ccccc1)S(=O)(=O)c1ccc(N(C)CCOc2ccccc2)[nH+]c1. The molecule has 0 atom stereocenters. The van der Waals surface area contributed by atoms with E-state index in [2.05, 4.69) is 4.98 Å². The van der Waals surface area contributed by atoms with Gasteiger partial charge in [-0.15, -0.1) is 0 Å². The van der Waals surface area contributed by atoms with Crippen molar-refractivity contribution in [2.24, 2.45) is 0 Å². The van der Waals surface area contributed by atoms with Gasteiger partial charge in [-0.25, -0.2) is 13.4 Å². The maximum Gasteiger partial charge on any atom is 0.274 e. The topological polar surface area (TPSA) is 64.0 Å². The zero-order valence-electron chi connectivity index (χ0n) is 16.7. The second kappa shape index (κ2) is 9.43. The smallest absolute Gasteiger partial charge is 0.274 e. The maximum absolute atomic E-state index is 13.0. The van der Waals surface area contributed by atoms with Crippen LogP contribution < -0.4 is 18.9 Å². The molecule has 0 unspecified atom stereocenters. The van der Waals surface area contributed by atoms with Crippen LogP contribution in [0.4, 0.5) is 11.5 Å². The van der Waals surface area contributed by atoms with Gasteiger partial charge in [-0.1, -0.05) is 36.4 Å². The first-order chi connectivity index (χ1) is 14.0. The van der Waals surface area contributed by atoms with Crippen molar-refractivity contribution >= 4 is 21.5 Å². The number of anilines is 2. The van der Waals surface area contributed by atoms with Gasteiger partial charge in [0.05, 0.1) is 12.7 Å². The minimum absolute atomic E-state index is 0.223. The number of nitrogens with zero attached hydrogens (tertiary/aromatic N) is 2. The van der Waals surface area contributed by atoms with Crippen LogP contribution in [0.1, 0.15) is 6.92 Å².